The summed E-state index contributed by atoms with van der Waals surface area (Å²) in [5.41, 5.74) is 0. The van der Waals surface area contributed by atoms with Crippen molar-refractivity contribution in [1.82, 2.24) is 0 Å². The number of unbranched alkanes of at least 4 members (excludes halogenated alkanes) is 5. The van der Waals surface area contributed by atoms with Crippen LogP contribution in [-0.4, -0.2) is 25.8 Å². The summed E-state index contributed by atoms with van der Waals surface area (Å²) < 4.78 is 10.5. The van der Waals surface area contributed by atoms with Crippen LogP contribution in [0.4, 0.5) is 0 Å². The van der Waals surface area contributed by atoms with Crippen LogP contribution in [0.5, 0.6) is 0 Å². The summed E-state index contributed by atoms with van der Waals surface area (Å²) in [6.07, 6.45) is 13.4. The molecule has 0 saturated heterocycles. The molecular weight excluding hydrogens is 252 g/mol. The molecule has 0 bridgehead atoms. The molecule has 3 heteroatoms. The minimum atomic E-state index is -0.0432. The molecule has 0 atom stereocenters. The third-order valence-corrected chi connectivity index (χ3v) is 3.04. The molecule has 20 heavy (non-hydrogen) atoms. The maximum absolute atomic E-state index is 11.3. The van der Waals surface area contributed by atoms with Gasteiger partial charge in [0.2, 0.25) is 0 Å². The van der Waals surface area contributed by atoms with Gasteiger partial charge >= 0.3 is 5.97 Å². The molecule has 0 N–H and O–H groups in total. The maximum Gasteiger partial charge on any atom is 0.305 e. The molecular formula is C17H32O3. The van der Waals surface area contributed by atoms with Crippen molar-refractivity contribution < 1.29 is 14.3 Å². The average molecular weight is 284 g/mol. The Morgan fingerprint density at radius 2 is 1.65 bits per heavy atom. The minimum Gasteiger partial charge on any atom is -0.466 e. The predicted molar refractivity (Wildman–Crippen MR) is 83.8 cm³/mol. The number of allylic oxidation sites excluding steroid dienone is 1. The Bertz CT molecular complexity index is 236. The molecule has 0 aliphatic rings. The zero-order valence-electron chi connectivity index (χ0n) is 13.4. The molecule has 0 radical (unpaired) electrons. The quantitative estimate of drug-likeness (QED) is 0.264. The summed E-state index contributed by atoms with van der Waals surface area (Å²) >= 11 is 0. The number of carbonyl (C=O) groups excluding carboxylic acids is 1. The molecule has 3 nitrogen and oxygen atoms in total. The highest BCUT2D eigenvalue weighted by Crippen LogP contribution is 2.05. The SMILES string of the molecule is CCCCOC/C=C/CCCCCC(=O)OCCCC. The lowest BCUT2D eigenvalue weighted by Gasteiger charge is -2.03. The van der Waals surface area contributed by atoms with Gasteiger partial charge in [-0.3, -0.25) is 4.79 Å². The highest BCUT2D eigenvalue weighted by molar-refractivity contribution is 5.69. The van der Waals surface area contributed by atoms with Gasteiger partial charge in [-0.05, 0) is 32.1 Å². The summed E-state index contributed by atoms with van der Waals surface area (Å²) in [4.78, 5) is 11.3. The highest BCUT2D eigenvalue weighted by Gasteiger charge is 2.01. The van der Waals surface area contributed by atoms with Gasteiger partial charge < -0.3 is 9.47 Å². The van der Waals surface area contributed by atoms with E-state index in [4.69, 9.17) is 9.47 Å². The summed E-state index contributed by atoms with van der Waals surface area (Å²) in [5, 5.41) is 0. The van der Waals surface area contributed by atoms with Crippen molar-refractivity contribution in [3.05, 3.63) is 12.2 Å². The Morgan fingerprint density at radius 3 is 2.40 bits per heavy atom. The molecule has 0 saturated carbocycles. The predicted octanol–water partition coefficient (Wildman–Crippen LogP) is 4.65. The van der Waals surface area contributed by atoms with Crippen LogP contribution in [0, 0.1) is 0 Å². The van der Waals surface area contributed by atoms with Gasteiger partial charge in [0.05, 0.1) is 13.2 Å². The Kier molecular flexibility index (Phi) is 15.6. The summed E-state index contributed by atoms with van der Waals surface area (Å²) in [6, 6.07) is 0. The molecule has 0 amide bonds. The van der Waals surface area contributed by atoms with Gasteiger partial charge in [0, 0.05) is 13.0 Å². The molecule has 0 aliphatic heterocycles. The Hall–Kier alpha value is -0.830. The summed E-state index contributed by atoms with van der Waals surface area (Å²) in [5.74, 6) is -0.0432. The first kappa shape index (κ1) is 19.2. The molecule has 118 valence electrons. The van der Waals surface area contributed by atoms with Crippen molar-refractivity contribution in [3.63, 3.8) is 0 Å². The Morgan fingerprint density at radius 1 is 0.900 bits per heavy atom. The van der Waals surface area contributed by atoms with Crippen molar-refractivity contribution in [3.8, 4) is 0 Å². The van der Waals surface area contributed by atoms with E-state index in [1.54, 1.807) is 0 Å². The third kappa shape index (κ3) is 15.2. The first-order valence-electron chi connectivity index (χ1n) is 8.19. The lowest BCUT2D eigenvalue weighted by molar-refractivity contribution is -0.143. The molecule has 0 aromatic rings. The topological polar surface area (TPSA) is 35.5 Å². The largest absolute Gasteiger partial charge is 0.466 e. The monoisotopic (exact) mass is 284 g/mol. The minimum absolute atomic E-state index is 0.0432. The smallest absolute Gasteiger partial charge is 0.305 e. The number of hydrogen-bond donors (Lipinski definition) is 0. The van der Waals surface area contributed by atoms with Gasteiger partial charge in [0.15, 0.2) is 0 Å². The van der Waals surface area contributed by atoms with Gasteiger partial charge in [-0.15, -0.1) is 0 Å². The lowest BCUT2D eigenvalue weighted by Crippen LogP contribution is -2.05. The molecule has 0 fully saturated rings. The van der Waals surface area contributed by atoms with Crippen LogP contribution in [-0.2, 0) is 14.3 Å². The summed E-state index contributed by atoms with van der Waals surface area (Å²) in [6.45, 7) is 6.43. The summed E-state index contributed by atoms with van der Waals surface area (Å²) in [7, 11) is 0. The standard InChI is InChI=1S/C17H32O3/c1-3-5-14-19-15-12-10-8-7-9-11-13-17(18)20-16-6-4-2/h10,12H,3-9,11,13-16H2,1-2H3/b12-10+. The van der Waals surface area contributed by atoms with E-state index in [9.17, 15) is 4.79 Å². The number of esters is 1. The zero-order valence-corrected chi connectivity index (χ0v) is 13.4. The first-order chi connectivity index (χ1) is 9.81. The van der Waals surface area contributed by atoms with Gasteiger partial charge in [-0.25, -0.2) is 0 Å². The third-order valence-electron chi connectivity index (χ3n) is 3.04. The second-order valence-corrected chi connectivity index (χ2v) is 5.07. The van der Waals surface area contributed by atoms with Crippen LogP contribution in [0.3, 0.4) is 0 Å². The molecule has 0 aliphatic carbocycles. The van der Waals surface area contributed by atoms with Crippen LogP contribution in [0.2, 0.25) is 0 Å². The van der Waals surface area contributed by atoms with E-state index in [1.165, 1.54) is 6.42 Å². The second kappa shape index (κ2) is 16.2. The fraction of sp³-hybridized carbons (Fsp3) is 0.824. The van der Waals surface area contributed by atoms with E-state index in [0.29, 0.717) is 13.0 Å². The Labute approximate surface area is 124 Å². The molecule has 0 rings (SSSR count). The first-order valence-corrected chi connectivity index (χ1v) is 8.19. The van der Waals surface area contributed by atoms with Crippen LogP contribution < -0.4 is 0 Å². The maximum atomic E-state index is 11.3. The molecule has 0 aromatic heterocycles. The van der Waals surface area contributed by atoms with Crippen molar-refractivity contribution in [1.29, 1.82) is 0 Å². The van der Waals surface area contributed by atoms with Gasteiger partial charge in [0.1, 0.15) is 0 Å². The van der Waals surface area contributed by atoms with E-state index in [-0.39, 0.29) is 5.97 Å². The molecule has 0 spiro atoms. The number of ether oxygens (including phenoxy) is 2. The van der Waals surface area contributed by atoms with Crippen molar-refractivity contribution in [2.45, 2.75) is 71.6 Å². The van der Waals surface area contributed by atoms with E-state index in [1.807, 2.05) is 0 Å². The Balaban J connectivity index is 3.19. The fourth-order valence-electron chi connectivity index (χ4n) is 1.69. The van der Waals surface area contributed by atoms with Crippen molar-refractivity contribution in [2.24, 2.45) is 0 Å². The fourth-order valence-corrected chi connectivity index (χ4v) is 1.69. The molecule has 0 unspecified atom stereocenters. The lowest BCUT2D eigenvalue weighted by atomic mass is 10.1. The van der Waals surface area contributed by atoms with Crippen molar-refractivity contribution in [2.75, 3.05) is 19.8 Å². The van der Waals surface area contributed by atoms with E-state index < -0.39 is 0 Å². The van der Waals surface area contributed by atoms with Gasteiger partial charge in [-0.2, -0.15) is 0 Å². The normalized spacial score (nSPS) is 11.1. The van der Waals surface area contributed by atoms with E-state index in [0.717, 1.165) is 58.2 Å². The second-order valence-electron chi connectivity index (χ2n) is 5.07. The van der Waals surface area contributed by atoms with Crippen LogP contribution in [0.15, 0.2) is 12.2 Å². The number of carbonyl (C=O) groups is 1. The van der Waals surface area contributed by atoms with Crippen LogP contribution >= 0.6 is 0 Å². The van der Waals surface area contributed by atoms with E-state index >= 15 is 0 Å². The van der Waals surface area contributed by atoms with E-state index in [2.05, 4.69) is 26.0 Å². The number of hydrogen-bond acceptors (Lipinski definition) is 3. The molecule has 0 heterocycles. The molecule has 0 aromatic carbocycles. The van der Waals surface area contributed by atoms with Crippen LogP contribution in [0.1, 0.15) is 71.6 Å². The highest BCUT2D eigenvalue weighted by atomic mass is 16.5. The average Bonchev–Trinajstić information content (AvgIpc) is 2.45. The zero-order chi connectivity index (χ0) is 14.9. The van der Waals surface area contributed by atoms with Crippen molar-refractivity contribution >= 4 is 5.97 Å². The van der Waals surface area contributed by atoms with Crippen LogP contribution in [0.25, 0.3) is 0 Å². The van der Waals surface area contributed by atoms with Gasteiger partial charge in [0.25, 0.3) is 0 Å². The number of rotatable bonds is 14. The van der Waals surface area contributed by atoms with Gasteiger partial charge in [-0.1, -0.05) is 45.3 Å².